The average molecular weight is 450 g/mol. The van der Waals surface area contributed by atoms with Crippen molar-refractivity contribution in [3.8, 4) is 17.1 Å². The first-order valence-corrected chi connectivity index (χ1v) is 11.7. The van der Waals surface area contributed by atoms with Crippen LogP contribution in [0.4, 0.5) is 0 Å². The number of benzene rings is 1. The van der Waals surface area contributed by atoms with E-state index in [0.29, 0.717) is 37.8 Å². The van der Waals surface area contributed by atoms with Gasteiger partial charge in [0.25, 0.3) is 0 Å². The molecule has 3 heterocycles. The Morgan fingerprint density at radius 2 is 2.09 bits per heavy atom. The lowest BCUT2D eigenvalue weighted by atomic mass is 9.99. The Labute approximate surface area is 194 Å². The fourth-order valence-electron chi connectivity index (χ4n) is 4.14. The predicted molar refractivity (Wildman–Crippen MR) is 125 cm³/mol. The number of aromatic nitrogens is 3. The Hall–Kier alpha value is -3.26. The van der Waals surface area contributed by atoms with Crippen LogP contribution in [0.5, 0.6) is 5.75 Å². The number of hydrogen-bond acceptors (Lipinski definition) is 7. The van der Waals surface area contributed by atoms with E-state index < -0.39 is 0 Å². The number of amides is 1. The molecule has 1 aromatic carbocycles. The van der Waals surface area contributed by atoms with Gasteiger partial charge in [-0.05, 0) is 50.9 Å². The van der Waals surface area contributed by atoms with Crippen LogP contribution in [0.3, 0.4) is 0 Å². The van der Waals surface area contributed by atoms with Gasteiger partial charge in [0, 0.05) is 55.5 Å². The lowest BCUT2D eigenvalue weighted by Gasteiger charge is -2.23. The molecule has 0 aliphatic carbocycles. The molecule has 8 heteroatoms. The molecular weight excluding hydrogens is 418 g/mol. The zero-order chi connectivity index (χ0) is 22.9. The van der Waals surface area contributed by atoms with Gasteiger partial charge < -0.3 is 14.6 Å². The minimum absolute atomic E-state index is 0.0697. The average Bonchev–Trinajstić information content (AvgIpc) is 3.32. The largest absolute Gasteiger partial charge is 0.494 e. The summed E-state index contributed by atoms with van der Waals surface area (Å²) in [6, 6.07) is 11.9. The summed E-state index contributed by atoms with van der Waals surface area (Å²) >= 11 is 0. The third kappa shape index (κ3) is 6.38. The van der Waals surface area contributed by atoms with Crippen molar-refractivity contribution in [2.75, 3.05) is 26.2 Å². The molecule has 0 bridgehead atoms. The number of carbonyl (C=O) groups excluding carboxylic acids is 1. The van der Waals surface area contributed by atoms with Gasteiger partial charge in [-0.3, -0.25) is 14.7 Å². The van der Waals surface area contributed by atoms with Crippen LogP contribution < -0.4 is 10.1 Å². The number of para-hydroxylation sites is 1. The van der Waals surface area contributed by atoms with E-state index in [2.05, 4.69) is 31.4 Å². The van der Waals surface area contributed by atoms with E-state index in [-0.39, 0.29) is 11.8 Å². The molecule has 2 aromatic heterocycles. The summed E-state index contributed by atoms with van der Waals surface area (Å²) in [5, 5.41) is 7.20. The molecule has 1 saturated heterocycles. The Balaban J connectivity index is 1.45. The SMILES string of the molecule is CCOc1ccccc1CN1CCCC(c2nc(-c3cccnc3)no2)CCNC(=O)CC1. The molecule has 0 radical (unpaired) electrons. The molecule has 0 spiro atoms. The highest BCUT2D eigenvalue weighted by Gasteiger charge is 2.22. The van der Waals surface area contributed by atoms with Gasteiger partial charge in [-0.25, -0.2) is 0 Å². The summed E-state index contributed by atoms with van der Waals surface area (Å²) in [7, 11) is 0. The Bertz CT molecular complexity index is 1020. The van der Waals surface area contributed by atoms with Crippen molar-refractivity contribution < 1.29 is 14.1 Å². The fourth-order valence-corrected chi connectivity index (χ4v) is 4.14. The van der Waals surface area contributed by atoms with Gasteiger partial charge in [-0.2, -0.15) is 4.98 Å². The van der Waals surface area contributed by atoms with Crippen molar-refractivity contribution in [3.05, 3.63) is 60.2 Å². The van der Waals surface area contributed by atoms with Crippen LogP contribution in [-0.4, -0.2) is 52.2 Å². The number of ether oxygens (including phenoxy) is 1. The van der Waals surface area contributed by atoms with E-state index in [4.69, 9.17) is 9.26 Å². The monoisotopic (exact) mass is 449 g/mol. The van der Waals surface area contributed by atoms with E-state index in [1.165, 1.54) is 0 Å². The first-order chi connectivity index (χ1) is 16.2. The quantitative estimate of drug-likeness (QED) is 0.612. The summed E-state index contributed by atoms with van der Waals surface area (Å²) in [4.78, 5) is 23.5. The van der Waals surface area contributed by atoms with Gasteiger partial charge in [0.15, 0.2) is 0 Å². The third-order valence-corrected chi connectivity index (χ3v) is 5.87. The molecule has 1 fully saturated rings. The van der Waals surface area contributed by atoms with Crippen molar-refractivity contribution in [3.63, 3.8) is 0 Å². The summed E-state index contributed by atoms with van der Waals surface area (Å²) in [5.41, 5.74) is 1.97. The molecular formula is C25H31N5O3. The minimum Gasteiger partial charge on any atom is -0.494 e. The highest BCUT2D eigenvalue weighted by molar-refractivity contribution is 5.76. The summed E-state index contributed by atoms with van der Waals surface area (Å²) < 4.78 is 11.4. The standard InChI is InChI=1S/C25H31N5O3/c1-2-32-22-10-4-3-7-21(22)18-30-15-6-9-19(11-14-27-23(31)12-16-30)25-28-24(29-33-25)20-8-5-13-26-17-20/h3-5,7-8,10,13,17,19H,2,6,9,11-12,14-16,18H2,1H3,(H,27,31). The summed E-state index contributed by atoms with van der Waals surface area (Å²) in [6.45, 7) is 5.57. The van der Waals surface area contributed by atoms with Gasteiger partial charge >= 0.3 is 0 Å². The molecule has 33 heavy (non-hydrogen) atoms. The van der Waals surface area contributed by atoms with Gasteiger partial charge in [0.05, 0.1) is 6.61 Å². The maximum atomic E-state index is 12.4. The van der Waals surface area contributed by atoms with Crippen LogP contribution in [0.2, 0.25) is 0 Å². The summed E-state index contributed by atoms with van der Waals surface area (Å²) in [6.07, 6.45) is 6.58. The van der Waals surface area contributed by atoms with Crippen LogP contribution in [0.1, 0.15) is 50.0 Å². The van der Waals surface area contributed by atoms with Crippen LogP contribution >= 0.6 is 0 Å². The minimum atomic E-state index is 0.0697. The molecule has 1 aliphatic rings. The van der Waals surface area contributed by atoms with Crippen LogP contribution in [0.15, 0.2) is 53.3 Å². The van der Waals surface area contributed by atoms with E-state index in [0.717, 1.165) is 49.2 Å². The van der Waals surface area contributed by atoms with Gasteiger partial charge in [0.2, 0.25) is 17.6 Å². The molecule has 1 atom stereocenters. The molecule has 1 N–H and O–H groups in total. The lowest BCUT2D eigenvalue weighted by Crippen LogP contribution is -2.31. The van der Waals surface area contributed by atoms with Gasteiger partial charge in [-0.15, -0.1) is 0 Å². The first-order valence-electron chi connectivity index (χ1n) is 11.7. The summed E-state index contributed by atoms with van der Waals surface area (Å²) in [5.74, 6) is 2.24. The van der Waals surface area contributed by atoms with Crippen molar-refractivity contribution in [2.24, 2.45) is 0 Å². The molecule has 4 rings (SSSR count). The Kier molecular flexibility index (Phi) is 8.03. The van der Waals surface area contributed by atoms with E-state index in [1.54, 1.807) is 12.4 Å². The Morgan fingerprint density at radius 1 is 1.18 bits per heavy atom. The van der Waals surface area contributed by atoms with Crippen LogP contribution in [0.25, 0.3) is 11.4 Å². The first kappa shape index (κ1) is 22.9. The maximum absolute atomic E-state index is 12.4. The number of nitrogens with one attached hydrogen (secondary N) is 1. The second-order valence-electron chi connectivity index (χ2n) is 8.24. The van der Waals surface area contributed by atoms with Crippen molar-refractivity contribution in [1.82, 2.24) is 25.3 Å². The van der Waals surface area contributed by atoms with E-state index in [1.807, 2.05) is 37.3 Å². The maximum Gasteiger partial charge on any atom is 0.230 e. The van der Waals surface area contributed by atoms with Crippen molar-refractivity contribution >= 4 is 5.91 Å². The predicted octanol–water partition coefficient (Wildman–Crippen LogP) is 3.81. The molecule has 0 saturated carbocycles. The number of carbonyl (C=O) groups is 1. The molecule has 174 valence electrons. The molecule has 3 aromatic rings. The van der Waals surface area contributed by atoms with Crippen molar-refractivity contribution in [1.29, 1.82) is 0 Å². The highest BCUT2D eigenvalue weighted by Crippen LogP contribution is 2.27. The van der Waals surface area contributed by atoms with E-state index in [9.17, 15) is 4.79 Å². The second-order valence-corrected chi connectivity index (χ2v) is 8.24. The Morgan fingerprint density at radius 3 is 2.94 bits per heavy atom. The third-order valence-electron chi connectivity index (χ3n) is 5.87. The number of hydrogen-bond donors (Lipinski definition) is 1. The van der Waals surface area contributed by atoms with E-state index >= 15 is 0 Å². The molecule has 1 amide bonds. The molecule has 8 nitrogen and oxygen atoms in total. The fraction of sp³-hybridized carbons (Fsp3) is 0.440. The normalized spacial score (nSPS) is 18.3. The second kappa shape index (κ2) is 11.6. The number of pyridine rings is 1. The zero-order valence-corrected chi connectivity index (χ0v) is 19.1. The zero-order valence-electron chi connectivity index (χ0n) is 19.1. The molecule has 1 aliphatic heterocycles. The van der Waals surface area contributed by atoms with Crippen LogP contribution in [-0.2, 0) is 11.3 Å². The topological polar surface area (TPSA) is 93.4 Å². The van der Waals surface area contributed by atoms with Gasteiger partial charge in [0.1, 0.15) is 5.75 Å². The number of rotatable bonds is 6. The highest BCUT2D eigenvalue weighted by atomic mass is 16.5. The van der Waals surface area contributed by atoms with Crippen molar-refractivity contribution in [2.45, 2.75) is 45.1 Å². The number of nitrogens with zero attached hydrogens (tertiary/aromatic N) is 4. The smallest absolute Gasteiger partial charge is 0.230 e. The van der Waals surface area contributed by atoms with Crippen LogP contribution in [0, 0.1) is 0 Å². The van der Waals surface area contributed by atoms with Gasteiger partial charge in [-0.1, -0.05) is 23.4 Å². The lowest BCUT2D eigenvalue weighted by molar-refractivity contribution is -0.121. The molecule has 1 unspecified atom stereocenters.